The third-order valence-corrected chi connectivity index (χ3v) is 5.08. The van der Waals surface area contributed by atoms with Gasteiger partial charge in [-0.25, -0.2) is 0 Å². The first kappa shape index (κ1) is 17.7. The number of ketones is 1. The lowest BCUT2D eigenvalue weighted by Crippen LogP contribution is -2.44. The summed E-state index contributed by atoms with van der Waals surface area (Å²) in [6.45, 7) is 8.18. The Balaban J connectivity index is 2.14. The van der Waals surface area contributed by atoms with Crippen LogP contribution in [-0.4, -0.2) is 29.2 Å². The number of carbonyl (C=O) groups is 2. The molecule has 1 amide bonds. The molecule has 0 aliphatic heterocycles. The fourth-order valence-corrected chi connectivity index (χ4v) is 3.39. The molecule has 0 heterocycles. The molecule has 0 unspecified atom stereocenters. The van der Waals surface area contributed by atoms with Gasteiger partial charge in [-0.15, -0.1) is 0 Å². The molecule has 0 aromatic heterocycles. The van der Waals surface area contributed by atoms with Crippen molar-refractivity contribution in [1.82, 2.24) is 4.90 Å². The van der Waals surface area contributed by atoms with Gasteiger partial charge < -0.3 is 4.90 Å². The maximum Gasteiger partial charge on any atom is 0.226 e. The minimum absolute atomic E-state index is 0.0454. The zero-order chi connectivity index (χ0) is 17.0. The first-order chi connectivity index (χ1) is 10.9. The van der Waals surface area contributed by atoms with E-state index in [0.717, 1.165) is 42.4 Å². The van der Waals surface area contributed by atoms with E-state index < -0.39 is 0 Å². The Kier molecular flexibility index (Phi) is 5.97. The van der Waals surface area contributed by atoms with Crippen LogP contribution in [0.2, 0.25) is 0 Å². The molecule has 0 atom stereocenters. The summed E-state index contributed by atoms with van der Waals surface area (Å²) in [5, 5.41) is 0. The summed E-state index contributed by atoms with van der Waals surface area (Å²) in [4.78, 5) is 27.3. The minimum Gasteiger partial charge on any atom is -0.332 e. The predicted molar refractivity (Wildman–Crippen MR) is 93.7 cm³/mol. The van der Waals surface area contributed by atoms with Gasteiger partial charge in [0.15, 0.2) is 5.78 Å². The highest BCUT2D eigenvalue weighted by molar-refractivity contribution is 6.01. The molecule has 1 fully saturated rings. The van der Waals surface area contributed by atoms with Crippen LogP contribution in [0, 0.1) is 19.8 Å². The molecule has 0 N–H and O–H groups in total. The molecular weight excluding hydrogens is 286 g/mol. The largest absolute Gasteiger partial charge is 0.332 e. The van der Waals surface area contributed by atoms with Crippen LogP contribution in [0.15, 0.2) is 18.2 Å². The third kappa shape index (κ3) is 4.21. The number of Topliss-reactive ketones (excluding diaryl/α,β-unsaturated/α-hetero) is 1. The van der Waals surface area contributed by atoms with Crippen molar-refractivity contribution in [2.45, 2.75) is 65.8 Å². The number of carbonyl (C=O) groups excluding carboxylic acids is 2. The highest BCUT2D eigenvalue weighted by Crippen LogP contribution is 2.26. The molecule has 23 heavy (non-hydrogen) atoms. The fourth-order valence-electron chi connectivity index (χ4n) is 3.39. The van der Waals surface area contributed by atoms with Gasteiger partial charge in [0.2, 0.25) is 5.91 Å². The lowest BCUT2D eigenvalue weighted by atomic mass is 9.88. The summed E-state index contributed by atoms with van der Waals surface area (Å²) in [5.41, 5.74) is 2.88. The molecular formula is C20H29NO2. The summed E-state index contributed by atoms with van der Waals surface area (Å²) in [6, 6.07) is 5.85. The third-order valence-electron chi connectivity index (χ3n) is 5.08. The molecule has 3 heteroatoms. The van der Waals surface area contributed by atoms with E-state index in [0.29, 0.717) is 0 Å². The van der Waals surface area contributed by atoms with E-state index in [9.17, 15) is 9.59 Å². The van der Waals surface area contributed by atoms with Crippen molar-refractivity contribution in [1.29, 1.82) is 0 Å². The molecule has 1 aliphatic rings. The Labute approximate surface area is 140 Å². The standard InChI is InChI=1S/C20H29NO2/c1-14(2)21(20(23)17-10-6-5-7-11-17)13-19(22)18-12-8-9-15(3)16(18)4/h8-9,12,14,17H,5-7,10-11,13H2,1-4H3. The van der Waals surface area contributed by atoms with Gasteiger partial charge in [-0.3, -0.25) is 9.59 Å². The first-order valence-electron chi connectivity index (χ1n) is 8.81. The normalized spacial score (nSPS) is 15.7. The molecule has 0 radical (unpaired) electrons. The van der Waals surface area contributed by atoms with Crippen molar-refractivity contribution in [3.05, 3.63) is 34.9 Å². The first-order valence-corrected chi connectivity index (χ1v) is 8.81. The fraction of sp³-hybridized carbons (Fsp3) is 0.600. The topological polar surface area (TPSA) is 37.4 Å². The Morgan fingerprint density at radius 2 is 1.78 bits per heavy atom. The SMILES string of the molecule is Cc1cccc(C(=O)CN(C(=O)C2CCCCC2)C(C)C)c1C. The van der Waals surface area contributed by atoms with E-state index in [1.54, 1.807) is 4.90 Å². The number of benzene rings is 1. The van der Waals surface area contributed by atoms with Crippen molar-refractivity contribution < 1.29 is 9.59 Å². The van der Waals surface area contributed by atoms with Crippen molar-refractivity contribution >= 4 is 11.7 Å². The quantitative estimate of drug-likeness (QED) is 0.760. The summed E-state index contributed by atoms with van der Waals surface area (Å²) in [6.07, 6.45) is 5.44. The van der Waals surface area contributed by atoms with Crippen molar-refractivity contribution in [2.24, 2.45) is 5.92 Å². The van der Waals surface area contributed by atoms with Crippen molar-refractivity contribution in [2.75, 3.05) is 6.54 Å². The van der Waals surface area contributed by atoms with Crippen LogP contribution in [0.25, 0.3) is 0 Å². The van der Waals surface area contributed by atoms with Crippen LogP contribution in [0.4, 0.5) is 0 Å². The van der Waals surface area contributed by atoms with Crippen LogP contribution in [0.3, 0.4) is 0 Å². The molecule has 1 aliphatic carbocycles. The maximum absolute atomic E-state index is 12.8. The predicted octanol–water partition coefficient (Wildman–Crippen LogP) is 4.30. The molecule has 1 saturated carbocycles. The van der Waals surface area contributed by atoms with Gasteiger partial charge in [-0.2, -0.15) is 0 Å². The van der Waals surface area contributed by atoms with Crippen LogP contribution in [-0.2, 0) is 4.79 Å². The van der Waals surface area contributed by atoms with E-state index >= 15 is 0 Å². The second kappa shape index (κ2) is 7.76. The van der Waals surface area contributed by atoms with Gasteiger partial charge in [0.1, 0.15) is 0 Å². The Morgan fingerprint density at radius 3 is 2.39 bits per heavy atom. The van der Waals surface area contributed by atoms with Crippen molar-refractivity contribution in [3.63, 3.8) is 0 Å². The lowest BCUT2D eigenvalue weighted by molar-refractivity contribution is -0.137. The summed E-state index contributed by atoms with van der Waals surface area (Å²) in [5.74, 6) is 0.319. The summed E-state index contributed by atoms with van der Waals surface area (Å²) < 4.78 is 0. The van der Waals surface area contributed by atoms with E-state index in [2.05, 4.69) is 0 Å². The second-order valence-electron chi connectivity index (χ2n) is 7.07. The molecule has 1 aromatic rings. The van der Waals surface area contributed by atoms with E-state index in [1.807, 2.05) is 45.9 Å². The Morgan fingerprint density at radius 1 is 1.13 bits per heavy atom. The Hall–Kier alpha value is -1.64. The van der Waals surface area contributed by atoms with E-state index in [-0.39, 0.29) is 30.2 Å². The zero-order valence-electron chi connectivity index (χ0n) is 14.9. The van der Waals surface area contributed by atoms with Gasteiger partial charge in [0.25, 0.3) is 0 Å². The molecule has 0 saturated heterocycles. The minimum atomic E-state index is 0.0454. The number of hydrogen-bond donors (Lipinski definition) is 0. The lowest BCUT2D eigenvalue weighted by Gasteiger charge is -2.32. The smallest absolute Gasteiger partial charge is 0.226 e. The van der Waals surface area contributed by atoms with Crippen LogP contribution < -0.4 is 0 Å². The van der Waals surface area contributed by atoms with Gasteiger partial charge >= 0.3 is 0 Å². The molecule has 2 rings (SSSR count). The molecule has 3 nitrogen and oxygen atoms in total. The average molecular weight is 315 g/mol. The van der Waals surface area contributed by atoms with Gasteiger partial charge in [0, 0.05) is 17.5 Å². The Bertz CT molecular complexity index is 571. The highest BCUT2D eigenvalue weighted by Gasteiger charge is 2.29. The van der Waals surface area contributed by atoms with Crippen LogP contribution in [0.5, 0.6) is 0 Å². The van der Waals surface area contributed by atoms with E-state index in [1.165, 1.54) is 6.42 Å². The average Bonchev–Trinajstić information content (AvgIpc) is 2.55. The van der Waals surface area contributed by atoms with Gasteiger partial charge in [0.05, 0.1) is 6.54 Å². The number of hydrogen-bond acceptors (Lipinski definition) is 2. The zero-order valence-corrected chi connectivity index (χ0v) is 14.9. The van der Waals surface area contributed by atoms with E-state index in [4.69, 9.17) is 0 Å². The van der Waals surface area contributed by atoms with Gasteiger partial charge in [-0.05, 0) is 51.7 Å². The molecule has 0 spiro atoms. The number of nitrogens with zero attached hydrogens (tertiary/aromatic N) is 1. The monoisotopic (exact) mass is 315 g/mol. The molecule has 0 bridgehead atoms. The summed E-state index contributed by atoms with van der Waals surface area (Å²) in [7, 11) is 0. The number of aryl methyl sites for hydroxylation is 1. The number of amides is 1. The molecule has 126 valence electrons. The number of rotatable bonds is 5. The van der Waals surface area contributed by atoms with Gasteiger partial charge in [-0.1, -0.05) is 37.5 Å². The van der Waals surface area contributed by atoms with Crippen LogP contribution in [0.1, 0.15) is 67.4 Å². The van der Waals surface area contributed by atoms with Crippen molar-refractivity contribution in [3.8, 4) is 0 Å². The summed E-state index contributed by atoms with van der Waals surface area (Å²) >= 11 is 0. The second-order valence-corrected chi connectivity index (χ2v) is 7.07. The maximum atomic E-state index is 12.8. The van der Waals surface area contributed by atoms with Crippen LogP contribution >= 0.6 is 0 Å². The highest BCUT2D eigenvalue weighted by atomic mass is 16.2. The molecule has 1 aromatic carbocycles.